The molecule has 0 aliphatic carbocycles. The van der Waals surface area contributed by atoms with Crippen molar-refractivity contribution in [3.63, 3.8) is 0 Å². The van der Waals surface area contributed by atoms with Crippen molar-refractivity contribution in [2.45, 2.75) is 26.8 Å². The molecule has 0 aliphatic heterocycles. The number of anilines is 1. The molecule has 0 aliphatic rings. The molecule has 1 unspecified atom stereocenters. The molecular weight excluding hydrogens is 419 g/mol. The van der Waals surface area contributed by atoms with Gasteiger partial charge in [0.2, 0.25) is 0 Å². The van der Waals surface area contributed by atoms with Crippen LogP contribution in [0, 0.1) is 19.7 Å². The van der Waals surface area contributed by atoms with E-state index < -0.39 is 5.82 Å². The Bertz CT molecular complexity index is 1470. The SMILES string of the molecule is Cc1nc(NC(C)c2cncc(-c3cnn(C)c3)c2)cc(-c2cc(F)c3occ(C)c3c2)n1. The van der Waals surface area contributed by atoms with E-state index in [-0.39, 0.29) is 11.6 Å². The van der Waals surface area contributed by atoms with Gasteiger partial charge in [-0.1, -0.05) is 0 Å². The van der Waals surface area contributed by atoms with Gasteiger partial charge in [0.1, 0.15) is 11.6 Å². The second kappa shape index (κ2) is 8.12. The zero-order chi connectivity index (χ0) is 23.1. The number of nitrogens with one attached hydrogen (secondary N) is 1. The molecule has 5 rings (SSSR count). The molecule has 0 amide bonds. The lowest BCUT2D eigenvalue weighted by atomic mass is 10.1. The minimum Gasteiger partial charge on any atom is -0.461 e. The van der Waals surface area contributed by atoms with Gasteiger partial charge in [-0.25, -0.2) is 14.4 Å². The van der Waals surface area contributed by atoms with Crippen molar-refractivity contribution in [2.75, 3.05) is 5.32 Å². The van der Waals surface area contributed by atoms with Gasteiger partial charge in [0.25, 0.3) is 0 Å². The van der Waals surface area contributed by atoms with E-state index in [1.807, 2.05) is 64.7 Å². The first-order valence-electron chi connectivity index (χ1n) is 10.6. The Hall–Kier alpha value is -4.07. The summed E-state index contributed by atoms with van der Waals surface area (Å²) >= 11 is 0. The second-order valence-corrected chi connectivity index (χ2v) is 8.21. The maximum absolute atomic E-state index is 14.6. The van der Waals surface area contributed by atoms with Crippen LogP contribution in [0.5, 0.6) is 0 Å². The molecule has 1 N–H and O–H groups in total. The van der Waals surface area contributed by atoms with Gasteiger partial charge < -0.3 is 9.73 Å². The monoisotopic (exact) mass is 442 g/mol. The number of benzene rings is 1. The average Bonchev–Trinajstić information content (AvgIpc) is 3.39. The Balaban J connectivity index is 1.45. The lowest BCUT2D eigenvalue weighted by molar-refractivity contribution is 0.559. The molecule has 0 saturated heterocycles. The van der Waals surface area contributed by atoms with E-state index in [1.54, 1.807) is 10.9 Å². The number of aryl methyl sites for hydroxylation is 3. The van der Waals surface area contributed by atoms with Gasteiger partial charge >= 0.3 is 0 Å². The first-order valence-corrected chi connectivity index (χ1v) is 10.6. The first kappa shape index (κ1) is 20.8. The fourth-order valence-electron chi connectivity index (χ4n) is 3.88. The molecule has 1 aromatic carbocycles. The number of furan rings is 1. The van der Waals surface area contributed by atoms with Crippen LogP contribution in [0.15, 0.2) is 59.7 Å². The van der Waals surface area contributed by atoms with Gasteiger partial charge in [-0.05, 0) is 50.1 Å². The summed E-state index contributed by atoms with van der Waals surface area (Å²) in [5, 5.41) is 8.40. The summed E-state index contributed by atoms with van der Waals surface area (Å²) in [5.41, 5.74) is 5.46. The van der Waals surface area contributed by atoms with Crippen LogP contribution >= 0.6 is 0 Å². The molecule has 166 valence electrons. The third kappa shape index (κ3) is 4.07. The Morgan fingerprint density at radius 2 is 1.85 bits per heavy atom. The molecule has 0 radical (unpaired) electrons. The summed E-state index contributed by atoms with van der Waals surface area (Å²) < 4.78 is 21.7. The Kier molecular flexibility index (Phi) is 5.12. The van der Waals surface area contributed by atoms with Crippen LogP contribution in [0.4, 0.5) is 10.2 Å². The maximum atomic E-state index is 14.6. The van der Waals surface area contributed by atoms with E-state index in [1.165, 1.54) is 6.07 Å². The van der Waals surface area contributed by atoms with E-state index >= 15 is 0 Å². The van der Waals surface area contributed by atoms with Crippen molar-refractivity contribution in [1.82, 2.24) is 24.7 Å². The van der Waals surface area contributed by atoms with E-state index in [0.29, 0.717) is 22.9 Å². The van der Waals surface area contributed by atoms with Crippen molar-refractivity contribution >= 4 is 16.8 Å². The molecular formula is C25H23FN6O. The Morgan fingerprint density at radius 3 is 2.64 bits per heavy atom. The highest BCUT2D eigenvalue weighted by Crippen LogP contribution is 2.31. The van der Waals surface area contributed by atoms with Crippen molar-refractivity contribution in [3.05, 3.63) is 78.1 Å². The molecule has 1 atom stereocenters. The predicted molar refractivity (Wildman–Crippen MR) is 125 cm³/mol. The molecule has 0 spiro atoms. The van der Waals surface area contributed by atoms with Crippen molar-refractivity contribution < 1.29 is 8.81 Å². The number of rotatable bonds is 5. The summed E-state index contributed by atoms with van der Waals surface area (Å²) in [6, 6.07) is 7.20. The van der Waals surface area contributed by atoms with E-state index in [4.69, 9.17) is 4.42 Å². The molecule has 4 heterocycles. The third-order valence-corrected chi connectivity index (χ3v) is 5.62. The van der Waals surface area contributed by atoms with Crippen molar-refractivity contribution in [2.24, 2.45) is 7.05 Å². The third-order valence-electron chi connectivity index (χ3n) is 5.62. The topological polar surface area (TPSA) is 81.7 Å². The van der Waals surface area contributed by atoms with E-state index in [2.05, 4.69) is 31.4 Å². The van der Waals surface area contributed by atoms with E-state index in [0.717, 1.165) is 27.6 Å². The zero-order valence-corrected chi connectivity index (χ0v) is 18.8. The lowest BCUT2D eigenvalue weighted by Gasteiger charge is -2.16. The summed E-state index contributed by atoms with van der Waals surface area (Å²) in [6.07, 6.45) is 8.98. The van der Waals surface area contributed by atoms with Gasteiger partial charge in [0, 0.05) is 53.8 Å². The summed E-state index contributed by atoms with van der Waals surface area (Å²) in [4.78, 5) is 13.5. The second-order valence-electron chi connectivity index (χ2n) is 8.21. The Morgan fingerprint density at radius 1 is 1.00 bits per heavy atom. The van der Waals surface area contributed by atoms with Crippen LogP contribution in [-0.2, 0) is 7.05 Å². The van der Waals surface area contributed by atoms with Crippen LogP contribution < -0.4 is 5.32 Å². The normalized spacial score (nSPS) is 12.3. The van der Waals surface area contributed by atoms with Gasteiger partial charge in [-0.2, -0.15) is 5.10 Å². The number of aromatic nitrogens is 5. The van der Waals surface area contributed by atoms with Crippen molar-refractivity contribution in [1.29, 1.82) is 0 Å². The highest BCUT2D eigenvalue weighted by Gasteiger charge is 2.15. The van der Waals surface area contributed by atoms with Crippen molar-refractivity contribution in [3.8, 4) is 22.4 Å². The minimum absolute atomic E-state index is 0.0633. The fraction of sp³-hybridized carbons (Fsp3) is 0.200. The van der Waals surface area contributed by atoms with Crippen LogP contribution in [0.1, 0.15) is 29.9 Å². The minimum atomic E-state index is -0.409. The standard InChI is InChI=1S/C25H23FN6O/c1-14-13-33-25-21(14)6-17(7-22(25)26)23-8-24(31-16(3)30-23)29-15(2)18-5-19(10-27-9-18)20-11-28-32(4)12-20/h5-13,15H,1-4H3,(H,29,30,31). The molecule has 4 aromatic heterocycles. The van der Waals surface area contributed by atoms with Crippen LogP contribution in [0.25, 0.3) is 33.4 Å². The number of pyridine rings is 1. The van der Waals surface area contributed by atoms with Gasteiger partial charge in [-0.15, -0.1) is 0 Å². The number of hydrogen-bond donors (Lipinski definition) is 1. The first-order chi connectivity index (χ1) is 15.9. The largest absolute Gasteiger partial charge is 0.461 e. The van der Waals surface area contributed by atoms with E-state index in [9.17, 15) is 4.39 Å². The van der Waals surface area contributed by atoms with Gasteiger partial charge in [0.05, 0.1) is 24.2 Å². The lowest BCUT2D eigenvalue weighted by Crippen LogP contribution is -2.09. The zero-order valence-electron chi connectivity index (χ0n) is 18.8. The van der Waals surface area contributed by atoms with Gasteiger partial charge in [0.15, 0.2) is 11.4 Å². The number of nitrogens with zero attached hydrogens (tertiary/aromatic N) is 5. The molecule has 33 heavy (non-hydrogen) atoms. The number of halogens is 1. The van der Waals surface area contributed by atoms with Crippen LogP contribution in [-0.4, -0.2) is 24.7 Å². The quantitative estimate of drug-likeness (QED) is 0.381. The molecule has 0 saturated carbocycles. The molecule has 0 fully saturated rings. The highest BCUT2D eigenvalue weighted by atomic mass is 19.1. The molecule has 8 heteroatoms. The summed E-state index contributed by atoms with van der Waals surface area (Å²) in [7, 11) is 1.89. The summed E-state index contributed by atoms with van der Waals surface area (Å²) in [5.74, 6) is 0.836. The van der Waals surface area contributed by atoms with Gasteiger partial charge in [-0.3, -0.25) is 9.67 Å². The van der Waals surface area contributed by atoms with Crippen LogP contribution in [0.2, 0.25) is 0 Å². The number of fused-ring (bicyclic) bond motifs is 1. The predicted octanol–water partition coefficient (Wildman–Crippen LogP) is 5.61. The maximum Gasteiger partial charge on any atom is 0.169 e. The fourth-order valence-corrected chi connectivity index (χ4v) is 3.88. The number of hydrogen-bond acceptors (Lipinski definition) is 6. The smallest absolute Gasteiger partial charge is 0.169 e. The summed E-state index contributed by atoms with van der Waals surface area (Å²) in [6.45, 7) is 5.76. The average molecular weight is 442 g/mol. The Labute approximate surface area is 190 Å². The molecule has 5 aromatic rings. The highest BCUT2D eigenvalue weighted by molar-refractivity contribution is 5.86. The molecule has 7 nitrogen and oxygen atoms in total. The van der Waals surface area contributed by atoms with Crippen LogP contribution in [0.3, 0.4) is 0 Å². The molecule has 0 bridgehead atoms.